The van der Waals surface area contributed by atoms with E-state index >= 15 is 0 Å². The highest BCUT2D eigenvalue weighted by molar-refractivity contribution is 5.12. The Morgan fingerprint density at radius 1 is 0.654 bits per heavy atom. The van der Waals surface area contributed by atoms with Crippen molar-refractivity contribution in [2.45, 2.75) is 101 Å². The minimum Gasteiger partial charge on any atom is -0.0683 e. The third-order valence-electron chi connectivity index (χ3n) is 11.0. The summed E-state index contributed by atoms with van der Waals surface area (Å²) in [7, 11) is 0. The third kappa shape index (κ3) is 2.67. The van der Waals surface area contributed by atoms with Crippen molar-refractivity contribution in [2.24, 2.45) is 64.1 Å². The molecule has 4 aliphatic rings. The van der Waals surface area contributed by atoms with Crippen LogP contribution in [0.5, 0.6) is 0 Å². The van der Waals surface area contributed by atoms with Crippen LogP contribution in [0.15, 0.2) is 0 Å². The maximum atomic E-state index is 2.73. The molecule has 0 nitrogen and oxygen atoms in total. The average molecular weight is 361 g/mol. The number of hydrogen-bond donors (Lipinski definition) is 0. The van der Waals surface area contributed by atoms with Gasteiger partial charge < -0.3 is 0 Å². The van der Waals surface area contributed by atoms with Gasteiger partial charge in [-0.1, -0.05) is 68.7 Å². The monoisotopic (exact) mass is 360 g/mol. The fraction of sp³-hybridized carbons (Fsp3) is 1.00. The fourth-order valence-electron chi connectivity index (χ4n) is 8.95. The molecule has 0 radical (unpaired) electrons. The van der Waals surface area contributed by atoms with E-state index in [-0.39, 0.29) is 0 Å². The molecule has 0 amide bonds. The number of hydrogen-bond acceptors (Lipinski definition) is 0. The third-order valence-corrected chi connectivity index (χ3v) is 11.0. The van der Waals surface area contributed by atoms with Crippen molar-refractivity contribution in [3.63, 3.8) is 0 Å². The van der Waals surface area contributed by atoms with Crippen LogP contribution in [0.25, 0.3) is 0 Å². The predicted molar refractivity (Wildman–Crippen MR) is 115 cm³/mol. The topological polar surface area (TPSA) is 0 Å². The van der Waals surface area contributed by atoms with Crippen LogP contribution < -0.4 is 0 Å². The summed E-state index contributed by atoms with van der Waals surface area (Å²) in [6.07, 6.45) is 9.07. The van der Waals surface area contributed by atoms with E-state index in [1.165, 1.54) is 38.5 Å². The van der Waals surface area contributed by atoms with Gasteiger partial charge >= 0.3 is 0 Å². The molecule has 0 saturated heterocycles. The minimum absolute atomic E-state index is 0.625. The zero-order valence-electron chi connectivity index (χ0n) is 19.4. The summed E-state index contributed by atoms with van der Waals surface area (Å²) >= 11 is 0. The molecule has 0 spiro atoms. The van der Waals surface area contributed by atoms with Gasteiger partial charge in [-0.2, -0.15) is 0 Å². The molecular formula is C26H48. The van der Waals surface area contributed by atoms with Gasteiger partial charge in [0.2, 0.25) is 0 Å². The van der Waals surface area contributed by atoms with Crippen molar-refractivity contribution < 1.29 is 0 Å². The summed E-state index contributed by atoms with van der Waals surface area (Å²) in [5.41, 5.74) is 1.27. The van der Waals surface area contributed by atoms with Gasteiger partial charge in [0.15, 0.2) is 0 Å². The highest BCUT2D eigenvalue weighted by Gasteiger charge is 2.64. The van der Waals surface area contributed by atoms with Crippen LogP contribution in [0.2, 0.25) is 0 Å². The molecule has 4 fully saturated rings. The van der Waals surface area contributed by atoms with E-state index in [0.29, 0.717) is 10.8 Å². The maximum Gasteiger partial charge on any atom is -0.0243 e. The SMILES string of the molecule is CC.CC1CCC2(C)C(C1)C(C)C(C)C1C2CC(C)C2(C)C(C)CCC12. The molecule has 26 heavy (non-hydrogen) atoms. The van der Waals surface area contributed by atoms with E-state index in [1.54, 1.807) is 0 Å². The van der Waals surface area contributed by atoms with E-state index in [1.807, 2.05) is 13.8 Å². The van der Waals surface area contributed by atoms with Gasteiger partial charge in [-0.15, -0.1) is 0 Å². The van der Waals surface area contributed by atoms with Crippen LogP contribution in [0.1, 0.15) is 101 Å². The zero-order valence-corrected chi connectivity index (χ0v) is 19.4. The van der Waals surface area contributed by atoms with Crippen LogP contribution in [0.3, 0.4) is 0 Å². The first-order chi connectivity index (χ1) is 12.2. The summed E-state index contributed by atoms with van der Waals surface area (Å²) in [6.45, 7) is 22.4. The van der Waals surface area contributed by atoms with E-state index in [4.69, 9.17) is 0 Å². The van der Waals surface area contributed by atoms with Gasteiger partial charge in [0, 0.05) is 0 Å². The Morgan fingerprint density at radius 2 is 1.31 bits per heavy atom. The summed E-state index contributed by atoms with van der Waals surface area (Å²) in [5, 5.41) is 0. The summed E-state index contributed by atoms with van der Waals surface area (Å²) in [4.78, 5) is 0. The highest BCUT2D eigenvalue weighted by Crippen LogP contribution is 2.71. The largest absolute Gasteiger partial charge is 0.0683 e. The molecule has 11 unspecified atom stereocenters. The molecular weight excluding hydrogens is 312 g/mol. The Balaban J connectivity index is 0.000000948. The van der Waals surface area contributed by atoms with E-state index < -0.39 is 0 Å². The van der Waals surface area contributed by atoms with Crippen molar-refractivity contribution in [3.05, 3.63) is 0 Å². The lowest BCUT2D eigenvalue weighted by molar-refractivity contribution is -0.179. The Bertz CT molecular complexity index is 494. The predicted octanol–water partition coefficient (Wildman–Crippen LogP) is 8.07. The standard InChI is InChI=1S/C24H42.C2H6/c1-14-10-11-23(6)20(12-14)17(4)18(5)22-19-9-8-15(2)24(19,7)16(3)13-21(22)23;1-2/h14-22H,8-13H2,1-7H3;1-2H3. The first-order valence-electron chi connectivity index (χ1n) is 12.2. The van der Waals surface area contributed by atoms with Crippen LogP contribution in [0, 0.1) is 64.1 Å². The Kier molecular flexibility index (Phi) is 5.67. The highest BCUT2D eigenvalue weighted by atomic mass is 14.7. The van der Waals surface area contributed by atoms with Crippen molar-refractivity contribution in [3.8, 4) is 0 Å². The fourth-order valence-corrected chi connectivity index (χ4v) is 8.95. The van der Waals surface area contributed by atoms with Crippen LogP contribution in [-0.2, 0) is 0 Å². The second kappa shape index (κ2) is 7.11. The maximum absolute atomic E-state index is 2.73. The molecule has 0 heteroatoms. The van der Waals surface area contributed by atoms with Crippen molar-refractivity contribution in [2.75, 3.05) is 0 Å². The first-order valence-corrected chi connectivity index (χ1v) is 12.2. The molecule has 4 rings (SSSR count). The molecule has 4 saturated carbocycles. The zero-order chi connectivity index (χ0) is 19.4. The van der Waals surface area contributed by atoms with E-state index in [2.05, 4.69) is 48.5 Å². The minimum atomic E-state index is 0.625. The number of rotatable bonds is 0. The second-order valence-corrected chi connectivity index (χ2v) is 11.5. The Morgan fingerprint density at radius 3 is 1.96 bits per heavy atom. The average Bonchev–Trinajstić information content (AvgIpc) is 2.93. The molecule has 0 aromatic carbocycles. The van der Waals surface area contributed by atoms with Crippen molar-refractivity contribution in [1.29, 1.82) is 0 Å². The van der Waals surface area contributed by atoms with E-state index in [0.717, 1.165) is 53.3 Å². The van der Waals surface area contributed by atoms with Gasteiger partial charge in [0.1, 0.15) is 0 Å². The van der Waals surface area contributed by atoms with Gasteiger partial charge in [0.25, 0.3) is 0 Å². The molecule has 0 aliphatic heterocycles. The molecule has 0 N–H and O–H groups in total. The van der Waals surface area contributed by atoms with Gasteiger partial charge in [-0.3, -0.25) is 0 Å². The van der Waals surface area contributed by atoms with Crippen molar-refractivity contribution in [1.82, 2.24) is 0 Å². The van der Waals surface area contributed by atoms with Crippen LogP contribution in [-0.4, -0.2) is 0 Å². The molecule has 4 aliphatic carbocycles. The van der Waals surface area contributed by atoms with Gasteiger partial charge in [0.05, 0.1) is 0 Å². The van der Waals surface area contributed by atoms with Gasteiger partial charge in [-0.05, 0) is 96.2 Å². The van der Waals surface area contributed by atoms with Crippen molar-refractivity contribution >= 4 is 0 Å². The second-order valence-electron chi connectivity index (χ2n) is 11.5. The quantitative estimate of drug-likeness (QED) is 0.409. The lowest BCUT2D eigenvalue weighted by Gasteiger charge is -2.66. The first kappa shape index (κ1) is 20.7. The molecule has 11 atom stereocenters. The summed E-state index contributed by atoms with van der Waals surface area (Å²) in [6, 6.07) is 0. The molecule has 152 valence electrons. The van der Waals surface area contributed by atoms with Gasteiger partial charge in [-0.25, -0.2) is 0 Å². The van der Waals surface area contributed by atoms with E-state index in [9.17, 15) is 0 Å². The number of fused-ring (bicyclic) bond motifs is 5. The smallest absolute Gasteiger partial charge is 0.0243 e. The lowest BCUT2D eigenvalue weighted by Crippen LogP contribution is -2.60. The lowest BCUT2D eigenvalue weighted by atomic mass is 9.39. The normalized spacial score (nSPS) is 58.7. The molecule has 0 aromatic heterocycles. The molecule has 0 aromatic rings. The summed E-state index contributed by atoms with van der Waals surface area (Å²) in [5.74, 6) is 8.75. The molecule has 0 bridgehead atoms. The Hall–Kier alpha value is 0. The Labute approximate surface area is 165 Å². The van der Waals surface area contributed by atoms with Crippen LogP contribution >= 0.6 is 0 Å². The summed E-state index contributed by atoms with van der Waals surface area (Å²) < 4.78 is 0. The molecule has 0 heterocycles. The van der Waals surface area contributed by atoms with Crippen LogP contribution in [0.4, 0.5) is 0 Å².